The van der Waals surface area contributed by atoms with E-state index in [1.807, 2.05) is 20.2 Å². The number of rotatable bonds is 5. The number of hydrogen-bond acceptors (Lipinski definition) is 2. The third-order valence-corrected chi connectivity index (χ3v) is 4.52. The van der Waals surface area contributed by atoms with Crippen molar-refractivity contribution in [3.63, 3.8) is 0 Å². The van der Waals surface area contributed by atoms with Gasteiger partial charge in [-0.3, -0.25) is 4.79 Å². The van der Waals surface area contributed by atoms with Crippen LogP contribution >= 0.6 is 0 Å². The lowest BCUT2D eigenvalue weighted by molar-refractivity contribution is -0.0245. The molecule has 1 aliphatic carbocycles. The van der Waals surface area contributed by atoms with Crippen molar-refractivity contribution < 1.29 is 9.53 Å². The van der Waals surface area contributed by atoms with Crippen molar-refractivity contribution in [2.45, 2.75) is 39.2 Å². The van der Waals surface area contributed by atoms with Gasteiger partial charge in [-0.1, -0.05) is 12.1 Å². The molecule has 21 heavy (non-hydrogen) atoms. The molecule has 1 aliphatic rings. The molecular formula is C18H23NO2. The average molecular weight is 285 g/mol. The summed E-state index contributed by atoms with van der Waals surface area (Å²) < 4.78 is 7.62. The van der Waals surface area contributed by atoms with Gasteiger partial charge < -0.3 is 9.30 Å². The predicted molar refractivity (Wildman–Crippen MR) is 84.7 cm³/mol. The molecule has 3 rings (SSSR count). The zero-order valence-electron chi connectivity index (χ0n) is 13.1. The zero-order valence-corrected chi connectivity index (χ0v) is 13.1. The molecule has 0 amide bonds. The quantitative estimate of drug-likeness (QED) is 0.781. The summed E-state index contributed by atoms with van der Waals surface area (Å²) >= 11 is 0. The number of ether oxygens (including phenoxy) is 1. The fourth-order valence-corrected chi connectivity index (χ4v) is 3.30. The summed E-state index contributed by atoms with van der Waals surface area (Å²) in [6.07, 6.45) is 5.07. The molecule has 3 heteroatoms. The minimum absolute atomic E-state index is 0.268. The van der Waals surface area contributed by atoms with Crippen LogP contribution in [-0.4, -0.2) is 23.1 Å². The van der Waals surface area contributed by atoms with Crippen molar-refractivity contribution in [1.29, 1.82) is 0 Å². The van der Waals surface area contributed by atoms with Gasteiger partial charge in [0.1, 0.15) is 0 Å². The Labute approximate surface area is 125 Å². The summed E-state index contributed by atoms with van der Waals surface area (Å²) in [5.74, 6) is 0.763. The molecule has 0 bridgehead atoms. The molecule has 0 unspecified atom stereocenters. The third-order valence-electron chi connectivity index (χ3n) is 4.52. The second kappa shape index (κ2) is 5.64. The molecule has 0 saturated heterocycles. The van der Waals surface area contributed by atoms with E-state index in [4.69, 9.17) is 4.74 Å². The fraction of sp³-hybridized carbons (Fsp3) is 0.500. The first-order valence-corrected chi connectivity index (χ1v) is 7.79. The largest absolute Gasteiger partial charge is 0.378 e. The summed E-state index contributed by atoms with van der Waals surface area (Å²) in [7, 11) is 2.01. The summed E-state index contributed by atoms with van der Waals surface area (Å²) in [6, 6.07) is 6.29. The number of aromatic nitrogens is 1. The highest BCUT2D eigenvalue weighted by Crippen LogP contribution is 2.34. The number of carbonyl (C=O) groups is 1. The summed E-state index contributed by atoms with van der Waals surface area (Å²) in [5.41, 5.74) is 3.23. The van der Waals surface area contributed by atoms with Gasteiger partial charge in [0, 0.05) is 42.7 Å². The maximum atomic E-state index is 12.6. The highest BCUT2D eigenvalue weighted by atomic mass is 16.5. The number of fused-ring (bicyclic) bond motifs is 1. The summed E-state index contributed by atoms with van der Waals surface area (Å²) in [5, 5.41) is 1.08. The van der Waals surface area contributed by atoms with Crippen molar-refractivity contribution in [3.05, 3.63) is 35.5 Å². The molecule has 0 spiro atoms. The highest BCUT2D eigenvalue weighted by Gasteiger charge is 2.31. The van der Waals surface area contributed by atoms with Crippen molar-refractivity contribution >= 4 is 16.7 Å². The standard InChI is InChI=1S/C18H23NO2/c1-4-21-14-8-13(9-14)10-18(20)16-11-19(3)17-7-12(2)5-6-15(16)17/h5-7,11,13-14H,4,8-10H2,1-3H3. The lowest BCUT2D eigenvalue weighted by Gasteiger charge is -2.34. The van der Waals surface area contributed by atoms with Gasteiger partial charge in [0.15, 0.2) is 5.78 Å². The molecule has 1 heterocycles. The Morgan fingerprint density at radius 1 is 1.38 bits per heavy atom. The molecule has 2 aromatic rings. The van der Waals surface area contributed by atoms with Crippen LogP contribution in [0.25, 0.3) is 10.9 Å². The molecule has 1 aromatic carbocycles. The van der Waals surface area contributed by atoms with Crippen LogP contribution in [-0.2, 0) is 11.8 Å². The van der Waals surface area contributed by atoms with Crippen molar-refractivity contribution in [3.8, 4) is 0 Å². The highest BCUT2D eigenvalue weighted by molar-refractivity contribution is 6.08. The number of benzene rings is 1. The van der Waals surface area contributed by atoms with Crippen LogP contribution in [0, 0.1) is 12.8 Å². The van der Waals surface area contributed by atoms with Gasteiger partial charge in [0.2, 0.25) is 0 Å². The fourth-order valence-electron chi connectivity index (χ4n) is 3.30. The van der Waals surface area contributed by atoms with Crippen molar-refractivity contribution in [1.82, 2.24) is 4.57 Å². The van der Waals surface area contributed by atoms with Gasteiger partial charge in [-0.25, -0.2) is 0 Å². The maximum absolute atomic E-state index is 12.6. The van der Waals surface area contributed by atoms with Gasteiger partial charge >= 0.3 is 0 Å². The lowest BCUT2D eigenvalue weighted by atomic mass is 9.78. The van der Waals surface area contributed by atoms with E-state index in [0.29, 0.717) is 18.4 Å². The Morgan fingerprint density at radius 2 is 2.14 bits per heavy atom. The minimum Gasteiger partial charge on any atom is -0.378 e. The van der Waals surface area contributed by atoms with Gasteiger partial charge in [-0.2, -0.15) is 0 Å². The van der Waals surface area contributed by atoms with Gasteiger partial charge in [0.05, 0.1) is 6.10 Å². The Balaban J connectivity index is 1.74. The molecular weight excluding hydrogens is 262 g/mol. The van der Waals surface area contributed by atoms with E-state index in [0.717, 1.165) is 35.9 Å². The topological polar surface area (TPSA) is 31.2 Å². The Morgan fingerprint density at radius 3 is 2.86 bits per heavy atom. The smallest absolute Gasteiger partial charge is 0.165 e. The first-order chi connectivity index (χ1) is 10.1. The molecule has 112 valence electrons. The predicted octanol–water partition coefficient (Wildman–Crippen LogP) is 3.87. The van der Waals surface area contributed by atoms with Crippen molar-refractivity contribution in [2.75, 3.05) is 6.61 Å². The first kappa shape index (κ1) is 14.3. The molecule has 0 radical (unpaired) electrons. The van der Waals surface area contributed by atoms with E-state index in [1.165, 1.54) is 5.56 Å². The van der Waals surface area contributed by atoms with E-state index in [2.05, 4.69) is 29.7 Å². The first-order valence-electron chi connectivity index (χ1n) is 7.79. The average Bonchev–Trinajstić information content (AvgIpc) is 2.73. The number of nitrogens with zero attached hydrogens (tertiary/aromatic N) is 1. The van der Waals surface area contributed by atoms with Crippen LogP contribution in [0.2, 0.25) is 0 Å². The molecule has 1 fully saturated rings. The van der Waals surface area contributed by atoms with E-state index < -0.39 is 0 Å². The molecule has 0 atom stereocenters. The second-order valence-corrected chi connectivity index (χ2v) is 6.22. The second-order valence-electron chi connectivity index (χ2n) is 6.22. The van der Waals surface area contributed by atoms with Crippen LogP contribution in [0.15, 0.2) is 24.4 Å². The molecule has 0 N–H and O–H groups in total. The summed E-state index contributed by atoms with van der Waals surface area (Å²) in [4.78, 5) is 12.6. The van der Waals surface area contributed by atoms with Gasteiger partial charge in [-0.15, -0.1) is 0 Å². The maximum Gasteiger partial charge on any atom is 0.165 e. The van der Waals surface area contributed by atoms with Gasteiger partial charge in [-0.05, 0) is 44.2 Å². The van der Waals surface area contributed by atoms with Crippen LogP contribution in [0.1, 0.15) is 42.1 Å². The number of carbonyl (C=O) groups excluding carboxylic acids is 1. The number of ketones is 1. The van der Waals surface area contributed by atoms with Crippen LogP contribution in [0.4, 0.5) is 0 Å². The third kappa shape index (κ3) is 2.75. The minimum atomic E-state index is 0.268. The normalized spacial score (nSPS) is 21.5. The van der Waals surface area contributed by atoms with Gasteiger partial charge in [0.25, 0.3) is 0 Å². The zero-order chi connectivity index (χ0) is 15.0. The van der Waals surface area contributed by atoms with E-state index in [-0.39, 0.29) is 5.78 Å². The van der Waals surface area contributed by atoms with E-state index in [9.17, 15) is 4.79 Å². The van der Waals surface area contributed by atoms with Crippen LogP contribution in [0.3, 0.4) is 0 Å². The monoisotopic (exact) mass is 285 g/mol. The molecule has 1 aromatic heterocycles. The number of aryl methyl sites for hydroxylation is 2. The molecule has 1 saturated carbocycles. The van der Waals surface area contributed by atoms with Crippen LogP contribution in [0.5, 0.6) is 0 Å². The molecule has 3 nitrogen and oxygen atoms in total. The SMILES string of the molecule is CCOC1CC(CC(=O)c2cn(C)c3cc(C)ccc23)C1. The van der Waals surface area contributed by atoms with E-state index >= 15 is 0 Å². The van der Waals surface area contributed by atoms with Crippen molar-refractivity contribution in [2.24, 2.45) is 13.0 Å². The lowest BCUT2D eigenvalue weighted by Crippen LogP contribution is -2.32. The van der Waals surface area contributed by atoms with Crippen LogP contribution < -0.4 is 0 Å². The molecule has 0 aliphatic heterocycles. The summed E-state index contributed by atoms with van der Waals surface area (Å²) in [6.45, 7) is 4.88. The number of hydrogen-bond donors (Lipinski definition) is 0. The van der Waals surface area contributed by atoms with E-state index in [1.54, 1.807) is 0 Å². The Bertz CT molecular complexity index is 665. The Hall–Kier alpha value is -1.61. The Kier molecular flexibility index (Phi) is 3.85. The number of Topliss-reactive ketones (excluding diaryl/α,β-unsaturated/α-hetero) is 1.